The number of alkyl halides is 3. The summed E-state index contributed by atoms with van der Waals surface area (Å²) >= 11 is 0. The van der Waals surface area contributed by atoms with E-state index < -0.39 is 11.9 Å². The van der Waals surface area contributed by atoms with Crippen LogP contribution in [0.2, 0.25) is 0 Å². The zero-order valence-corrected chi connectivity index (χ0v) is 22.8. The molecule has 2 aromatic carbocycles. The first kappa shape index (κ1) is 27.0. The Labute approximate surface area is 235 Å². The van der Waals surface area contributed by atoms with Gasteiger partial charge in [0.1, 0.15) is 11.5 Å². The first-order chi connectivity index (χ1) is 19.8. The predicted molar refractivity (Wildman–Crippen MR) is 152 cm³/mol. The quantitative estimate of drug-likeness (QED) is 0.302. The molecule has 2 fully saturated rings. The van der Waals surface area contributed by atoms with Crippen LogP contribution in [-0.4, -0.2) is 66.8 Å². The summed E-state index contributed by atoms with van der Waals surface area (Å²) in [5.74, 6) is 0.981. The van der Waals surface area contributed by atoms with E-state index >= 15 is 0 Å². The highest BCUT2D eigenvalue weighted by Crippen LogP contribution is 2.36. The van der Waals surface area contributed by atoms with Gasteiger partial charge in [-0.2, -0.15) is 18.2 Å². The summed E-state index contributed by atoms with van der Waals surface area (Å²) in [5, 5.41) is 1.61. The molecule has 2 saturated heterocycles. The SMILES string of the molecule is CCOC(=O)C1CCCN(c2nc(N3CCN(c4cc(C(F)(F)F)nc5ccccc45)CC3)nc3ccccc23)C1. The molecule has 0 saturated carbocycles. The number of pyridine rings is 1. The molecular weight excluding hydrogens is 533 g/mol. The van der Waals surface area contributed by atoms with Crippen molar-refractivity contribution in [2.45, 2.75) is 25.9 Å². The second-order valence-electron chi connectivity index (χ2n) is 10.4. The fourth-order valence-corrected chi connectivity index (χ4v) is 5.76. The largest absolute Gasteiger partial charge is 0.466 e. The minimum atomic E-state index is -4.53. The van der Waals surface area contributed by atoms with Crippen molar-refractivity contribution in [1.29, 1.82) is 0 Å². The number of anilines is 3. The van der Waals surface area contributed by atoms with Crippen LogP contribution in [0.3, 0.4) is 0 Å². The standard InChI is InChI=1S/C30H31F3N6O2/c1-2-41-28(40)20-8-7-13-39(19-20)27-22-10-4-6-12-24(22)35-29(36-27)38-16-14-37(15-17-38)25-18-26(30(31,32)33)34-23-11-5-3-9-21(23)25/h3-6,9-12,18,20H,2,7-8,13-17,19H2,1H3. The Kier molecular flexibility index (Phi) is 7.27. The van der Waals surface area contributed by atoms with Crippen LogP contribution < -0.4 is 14.7 Å². The molecule has 2 aliphatic rings. The van der Waals surface area contributed by atoms with Gasteiger partial charge < -0.3 is 19.4 Å². The molecule has 1 atom stereocenters. The van der Waals surface area contributed by atoms with Crippen molar-refractivity contribution in [1.82, 2.24) is 15.0 Å². The molecule has 0 bridgehead atoms. The second kappa shape index (κ2) is 11.0. The van der Waals surface area contributed by atoms with Crippen LogP contribution in [0.5, 0.6) is 0 Å². The van der Waals surface area contributed by atoms with E-state index in [1.165, 1.54) is 0 Å². The van der Waals surface area contributed by atoms with Gasteiger partial charge in [0.25, 0.3) is 0 Å². The van der Waals surface area contributed by atoms with E-state index in [9.17, 15) is 18.0 Å². The average molecular weight is 565 g/mol. The molecule has 41 heavy (non-hydrogen) atoms. The molecule has 0 amide bonds. The number of rotatable bonds is 5. The highest BCUT2D eigenvalue weighted by Gasteiger charge is 2.35. The van der Waals surface area contributed by atoms with Crippen LogP contribution in [0, 0.1) is 5.92 Å². The molecule has 0 radical (unpaired) electrons. The van der Waals surface area contributed by atoms with Crippen molar-refractivity contribution < 1.29 is 22.7 Å². The van der Waals surface area contributed by atoms with Gasteiger partial charge in [0.2, 0.25) is 5.95 Å². The van der Waals surface area contributed by atoms with Crippen LogP contribution in [0.1, 0.15) is 25.5 Å². The van der Waals surface area contributed by atoms with Gasteiger partial charge in [0.05, 0.1) is 23.6 Å². The lowest BCUT2D eigenvalue weighted by molar-refractivity contribution is -0.148. The lowest BCUT2D eigenvalue weighted by atomic mass is 9.98. The van der Waals surface area contributed by atoms with Crippen molar-refractivity contribution in [2.75, 3.05) is 60.6 Å². The van der Waals surface area contributed by atoms with Gasteiger partial charge in [-0.1, -0.05) is 30.3 Å². The van der Waals surface area contributed by atoms with Gasteiger partial charge in [-0.3, -0.25) is 4.79 Å². The molecule has 6 rings (SSSR count). The van der Waals surface area contributed by atoms with Crippen molar-refractivity contribution in [3.8, 4) is 0 Å². The maximum absolute atomic E-state index is 13.6. The Hall–Kier alpha value is -4.15. The molecule has 0 aliphatic carbocycles. The number of piperazine rings is 1. The monoisotopic (exact) mass is 564 g/mol. The molecule has 214 valence electrons. The number of nitrogens with zero attached hydrogens (tertiary/aromatic N) is 6. The maximum atomic E-state index is 13.6. The van der Waals surface area contributed by atoms with Gasteiger partial charge in [-0.05, 0) is 44.0 Å². The summed E-state index contributed by atoms with van der Waals surface area (Å²) in [5.41, 5.74) is 0.771. The fourth-order valence-electron chi connectivity index (χ4n) is 5.76. The molecule has 0 N–H and O–H groups in total. The number of halogens is 3. The lowest BCUT2D eigenvalue weighted by Crippen LogP contribution is -2.47. The predicted octanol–water partition coefficient (Wildman–Crippen LogP) is 5.30. The number of carbonyl (C=O) groups excluding carboxylic acids is 1. The van der Waals surface area contributed by atoms with Crippen molar-refractivity contribution in [3.63, 3.8) is 0 Å². The number of ether oxygens (including phenoxy) is 1. The topological polar surface area (TPSA) is 74.7 Å². The Bertz CT molecular complexity index is 1570. The number of aromatic nitrogens is 3. The van der Waals surface area contributed by atoms with Crippen molar-refractivity contribution in [3.05, 3.63) is 60.3 Å². The normalized spacial score (nSPS) is 18.2. The summed E-state index contributed by atoms with van der Waals surface area (Å²) < 4.78 is 46.2. The van der Waals surface area contributed by atoms with E-state index in [-0.39, 0.29) is 11.9 Å². The van der Waals surface area contributed by atoms with E-state index in [0.717, 1.165) is 42.2 Å². The number of hydrogen-bond acceptors (Lipinski definition) is 8. The van der Waals surface area contributed by atoms with Gasteiger partial charge in [0.15, 0.2) is 0 Å². The van der Waals surface area contributed by atoms with Crippen molar-refractivity contribution >= 4 is 45.2 Å². The summed E-state index contributed by atoms with van der Waals surface area (Å²) in [6, 6.07) is 15.9. The highest BCUT2D eigenvalue weighted by molar-refractivity contribution is 5.93. The third-order valence-corrected chi connectivity index (χ3v) is 7.80. The second-order valence-corrected chi connectivity index (χ2v) is 10.4. The third kappa shape index (κ3) is 5.45. The smallest absolute Gasteiger partial charge is 0.433 e. The highest BCUT2D eigenvalue weighted by atomic mass is 19.4. The Balaban J connectivity index is 1.27. The molecule has 0 spiro atoms. The summed E-state index contributed by atoms with van der Waals surface area (Å²) in [7, 11) is 0. The Morgan fingerprint density at radius 3 is 2.24 bits per heavy atom. The van der Waals surface area contributed by atoms with E-state index in [1.807, 2.05) is 48.2 Å². The molecule has 11 heteroatoms. The van der Waals surface area contributed by atoms with E-state index in [1.54, 1.807) is 12.1 Å². The Morgan fingerprint density at radius 1 is 0.878 bits per heavy atom. The minimum absolute atomic E-state index is 0.177. The maximum Gasteiger partial charge on any atom is 0.433 e. The number of hydrogen-bond donors (Lipinski definition) is 0. The molecule has 8 nitrogen and oxygen atoms in total. The number of fused-ring (bicyclic) bond motifs is 2. The summed E-state index contributed by atoms with van der Waals surface area (Å²) in [4.78, 5) is 32.4. The van der Waals surface area contributed by atoms with Crippen LogP contribution in [0.15, 0.2) is 54.6 Å². The zero-order chi connectivity index (χ0) is 28.6. The number of benzene rings is 2. The number of para-hydroxylation sites is 2. The molecule has 4 heterocycles. The molecule has 1 unspecified atom stereocenters. The minimum Gasteiger partial charge on any atom is -0.466 e. The number of carbonyl (C=O) groups is 1. The van der Waals surface area contributed by atoms with Gasteiger partial charge in [-0.15, -0.1) is 0 Å². The molecule has 2 aromatic heterocycles. The summed E-state index contributed by atoms with van der Waals surface area (Å²) in [6.07, 6.45) is -2.89. The van der Waals surface area contributed by atoms with E-state index in [4.69, 9.17) is 14.7 Å². The van der Waals surface area contributed by atoms with Crippen molar-refractivity contribution in [2.24, 2.45) is 5.92 Å². The Morgan fingerprint density at radius 2 is 1.54 bits per heavy atom. The first-order valence-corrected chi connectivity index (χ1v) is 14.0. The van der Waals surface area contributed by atoms with Gasteiger partial charge in [0, 0.05) is 55.7 Å². The van der Waals surface area contributed by atoms with Gasteiger partial charge in [-0.25, -0.2) is 9.97 Å². The average Bonchev–Trinajstić information content (AvgIpc) is 3.00. The van der Waals surface area contributed by atoms with Gasteiger partial charge >= 0.3 is 12.1 Å². The third-order valence-electron chi connectivity index (χ3n) is 7.80. The fraction of sp³-hybridized carbons (Fsp3) is 0.400. The summed E-state index contributed by atoms with van der Waals surface area (Å²) in [6.45, 7) is 5.58. The van der Waals surface area contributed by atoms with Crippen LogP contribution in [0.4, 0.5) is 30.6 Å². The molecular formula is C30H31F3N6O2. The van der Waals surface area contributed by atoms with Crippen LogP contribution >= 0.6 is 0 Å². The van der Waals surface area contributed by atoms with E-state index in [2.05, 4.69) is 14.8 Å². The lowest BCUT2D eigenvalue weighted by Gasteiger charge is -2.37. The molecule has 2 aliphatic heterocycles. The molecule has 4 aromatic rings. The van der Waals surface area contributed by atoms with E-state index in [0.29, 0.717) is 61.9 Å². The van der Waals surface area contributed by atoms with Crippen LogP contribution in [0.25, 0.3) is 21.8 Å². The number of piperidine rings is 1. The first-order valence-electron chi connectivity index (χ1n) is 14.0. The zero-order valence-electron chi connectivity index (χ0n) is 22.8. The van der Waals surface area contributed by atoms with Crippen LogP contribution in [-0.2, 0) is 15.7 Å². The number of esters is 1.